The molecule has 2 rings (SSSR count). The summed E-state index contributed by atoms with van der Waals surface area (Å²) in [6.07, 6.45) is 0. The fourth-order valence-electron chi connectivity index (χ4n) is 1.67. The Hall–Kier alpha value is -2.41. The van der Waals surface area contributed by atoms with Gasteiger partial charge in [-0.25, -0.2) is 17.6 Å². The molecule has 0 aromatic heterocycles. The topological polar surface area (TPSA) is 72.5 Å². The summed E-state index contributed by atoms with van der Waals surface area (Å²) in [6, 6.07) is 11.1. The summed E-state index contributed by atoms with van der Waals surface area (Å²) >= 11 is 0. The lowest BCUT2D eigenvalue weighted by Gasteiger charge is -2.09. The number of hydrogen-bond acceptors (Lipinski definition) is 4. The molecule has 5 nitrogen and oxygen atoms in total. The van der Waals surface area contributed by atoms with E-state index in [4.69, 9.17) is 0 Å². The number of benzene rings is 2. The summed E-state index contributed by atoms with van der Waals surface area (Å²) < 4.78 is 44.9. The van der Waals surface area contributed by atoms with Crippen LogP contribution in [0.2, 0.25) is 0 Å². The fraction of sp³-hybridized carbons (Fsp3) is 0.0714. The number of halogens is 1. The molecule has 2 aromatic carbocycles. The van der Waals surface area contributed by atoms with Gasteiger partial charge in [-0.3, -0.25) is 4.72 Å². The van der Waals surface area contributed by atoms with E-state index < -0.39 is 26.7 Å². The monoisotopic (exact) mass is 309 g/mol. The number of nitrogens with one attached hydrogen (secondary N) is 1. The fourth-order valence-corrected chi connectivity index (χ4v) is 2.83. The molecule has 0 amide bonds. The van der Waals surface area contributed by atoms with Crippen molar-refractivity contribution in [2.75, 3.05) is 11.8 Å². The summed E-state index contributed by atoms with van der Waals surface area (Å²) in [5.41, 5.74) is 0.243. The van der Waals surface area contributed by atoms with E-state index in [-0.39, 0.29) is 5.56 Å². The van der Waals surface area contributed by atoms with E-state index in [2.05, 4.69) is 9.46 Å². The minimum absolute atomic E-state index is 0.0488. The standard InChI is InChI=1S/C14H12FNO4S/c1-20-14(17)10-7-8-12(15)13(9-10)21(18,19)16-11-5-3-2-4-6-11/h2-9,16H,1H3. The van der Waals surface area contributed by atoms with Crippen LogP contribution in [0.5, 0.6) is 0 Å². The van der Waals surface area contributed by atoms with Crippen molar-refractivity contribution in [1.29, 1.82) is 0 Å². The van der Waals surface area contributed by atoms with Crippen molar-refractivity contribution in [3.8, 4) is 0 Å². The lowest BCUT2D eigenvalue weighted by molar-refractivity contribution is 0.0600. The number of sulfonamides is 1. The molecule has 0 unspecified atom stereocenters. The first-order valence-corrected chi connectivity index (χ1v) is 7.38. The predicted molar refractivity (Wildman–Crippen MR) is 75.0 cm³/mol. The van der Waals surface area contributed by atoms with Gasteiger partial charge in [0, 0.05) is 5.69 Å². The molecule has 0 saturated carbocycles. The number of ether oxygens (including phenoxy) is 1. The second-order valence-corrected chi connectivity index (χ2v) is 5.76. The third-order valence-corrected chi connectivity index (χ3v) is 4.06. The van der Waals surface area contributed by atoms with Crippen LogP contribution in [-0.4, -0.2) is 21.5 Å². The van der Waals surface area contributed by atoms with E-state index in [1.807, 2.05) is 0 Å². The molecule has 0 atom stereocenters. The van der Waals surface area contributed by atoms with Crippen molar-refractivity contribution < 1.29 is 22.3 Å². The minimum Gasteiger partial charge on any atom is -0.465 e. The number of carbonyl (C=O) groups is 1. The van der Waals surface area contributed by atoms with Crippen LogP contribution in [0.3, 0.4) is 0 Å². The van der Waals surface area contributed by atoms with Crippen LogP contribution in [0.1, 0.15) is 10.4 Å². The number of hydrogen-bond donors (Lipinski definition) is 1. The number of rotatable bonds is 4. The first-order chi connectivity index (χ1) is 9.94. The lowest BCUT2D eigenvalue weighted by atomic mass is 10.2. The van der Waals surface area contributed by atoms with E-state index in [9.17, 15) is 17.6 Å². The third kappa shape index (κ3) is 3.38. The molecule has 21 heavy (non-hydrogen) atoms. The molecule has 0 spiro atoms. The molecule has 110 valence electrons. The molecule has 0 aliphatic rings. The predicted octanol–water partition coefficient (Wildman–Crippen LogP) is 2.41. The van der Waals surface area contributed by atoms with Gasteiger partial charge in [-0.1, -0.05) is 18.2 Å². The summed E-state index contributed by atoms with van der Waals surface area (Å²) in [6.45, 7) is 0. The van der Waals surface area contributed by atoms with Crippen LogP contribution in [0.4, 0.5) is 10.1 Å². The smallest absolute Gasteiger partial charge is 0.337 e. The van der Waals surface area contributed by atoms with Crippen molar-refractivity contribution in [3.63, 3.8) is 0 Å². The van der Waals surface area contributed by atoms with E-state index >= 15 is 0 Å². The molecule has 0 saturated heterocycles. The maximum atomic E-state index is 13.8. The van der Waals surface area contributed by atoms with Crippen molar-refractivity contribution in [3.05, 3.63) is 59.9 Å². The number of methoxy groups -OCH3 is 1. The second-order valence-electron chi connectivity index (χ2n) is 4.11. The average molecular weight is 309 g/mol. The van der Waals surface area contributed by atoms with Gasteiger partial charge < -0.3 is 4.74 Å². The van der Waals surface area contributed by atoms with Crippen LogP contribution in [0, 0.1) is 5.82 Å². The molecular weight excluding hydrogens is 297 g/mol. The molecule has 1 N–H and O–H groups in total. The molecule has 7 heteroatoms. The Labute approximate surface area is 121 Å². The highest BCUT2D eigenvalue weighted by Gasteiger charge is 2.21. The number of esters is 1. The first kappa shape index (κ1) is 15.0. The minimum atomic E-state index is -4.14. The van der Waals surface area contributed by atoms with Crippen LogP contribution in [0.15, 0.2) is 53.4 Å². The molecule has 0 fully saturated rings. The molecule has 0 aliphatic carbocycles. The molecule has 0 bridgehead atoms. The van der Waals surface area contributed by atoms with Crippen molar-refractivity contribution in [2.45, 2.75) is 4.90 Å². The SMILES string of the molecule is COC(=O)c1ccc(F)c(S(=O)(=O)Nc2ccccc2)c1. The Balaban J connectivity index is 2.42. The largest absolute Gasteiger partial charge is 0.465 e. The van der Waals surface area contributed by atoms with Crippen LogP contribution >= 0.6 is 0 Å². The van der Waals surface area contributed by atoms with Gasteiger partial charge >= 0.3 is 5.97 Å². The summed E-state index contributed by atoms with van der Waals surface area (Å²) in [7, 11) is -2.99. The Morgan fingerprint density at radius 1 is 1.14 bits per heavy atom. The van der Waals surface area contributed by atoms with Crippen LogP contribution in [-0.2, 0) is 14.8 Å². The molecular formula is C14H12FNO4S. The van der Waals surface area contributed by atoms with E-state index in [1.165, 1.54) is 12.1 Å². The maximum Gasteiger partial charge on any atom is 0.337 e. The zero-order valence-electron chi connectivity index (χ0n) is 11.0. The van der Waals surface area contributed by atoms with Gasteiger partial charge in [0.05, 0.1) is 12.7 Å². The highest BCUT2D eigenvalue weighted by Crippen LogP contribution is 2.20. The number of para-hydroxylation sites is 1. The number of carbonyl (C=O) groups excluding carboxylic acids is 1. The molecule has 0 aliphatic heterocycles. The summed E-state index contributed by atoms with van der Waals surface area (Å²) in [5.74, 6) is -1.70. The van der Waals surface area contributed by atoms with Gasteiger partial charge in [0.2, 0.25) is 0 Å². The highest BCUT2D eigenvalue weighted by atomic mass is 32.2. The molecule has 0 radical (unpaired) electrons. The Morgan fingerprint density at radius 3 is 2.43 bits per heavy atom. The second kappa shape index (κ2) is 5.92. The molecule has 2 aromatic rings. The third-order valence-electron chi connectivity index (χ3n) is 2.67. The Bertz CT molecular complexity index is 760. The van der Waals surface area contributed by atoms with Gasteiger partial charge in [-0.05, 0) is 30.3 Å². The van der Waals surface area contributed by atoms with Crippen LogP contribution in [0.25, 0.3) is 0 Å². The van der Waals surface area contributed by atoms with Gasteiger partial charge in [0.1, 0.15) is 10.7 Å². The Morgan fingerprint density at radius 2 is 1.81 bits per heavy atom. The van der Waals surface area contributed by atoms with Crippen molar-refractivity contribution >= 4 is 21.7 Å². The quantitative estimate of drug-likeness (QED) is 0.880. The van der Waals surface area contributed by atoms with Gasteiger partial charge in [-0.2, -0.15) is 0 Å². The van der Waals surface area contributed by atoms with E-state index in [1.54, 1.807) is 18.2 Å². The summed E-state index contributed by atoms with van der Waals surface area (Å²) in [4.78, 5) is 10.8. The average Bonchev–Trinajstić information content (AvgIpc) is 2.47. The molecule has 0 heterocycles. The van der Waals surface area contributed by atoms with Gasteiger partial charge in [0.25, 0.3) is 10.0 Å². The highest BCUT2D eigenvalue weighted by molar-refractivity contribution is 7.92. The lowest BCUT2D eigenvalue weighted by Crippen LogP contribution is -2.15. The van der Waals surface area contributed by atoms with Crippen LogP contribution < -0.4 is 4.72 Å². The first-order valence-electron chi connectivity index (χ1n) is 5.90. The maximum absolute atomic E-state index is 13.8. The number of anilines is 1. The summed E-state index contributed by atoms with van der Waals surface area (Å²) in [5, 5.41) is 0. The van der Waals surface area contributed by atoms with Crippen molar-refractivity contribution in [1.82, 2.24) is 0 Å². The zero-order chi connectivity index (χ0) is 15.5. The Kier molecular flexibility index (Phi) is 4.23. The van der Waals surface area contributed by atoms with Gasteiger partial charge in [0.15, 0.2) is 0 Å². The van der Waals surface area contributed by atoms with E-state index in [0.717, 1.165) is 25.3 Å². The normalized spacial score (nSPS) is 11.0. The van der Waals surface area contributed by atoms with Gasteiger partial charge in [-0.15, -0.1) is 0 Å². The van der Waals surface area contributed by atoms with Crippen molar-refractivity contribution in [2.24, 2.45) is 0 Å². The van der Waals surface area contributed by atoms with E-state index in [0.29, 0.717) is 5.69 Å². The zero-order valence-corrected chi connectivity index (χ0v) is 11.9.